The molecule has 19 heavy (non-hydrogen) atoms. The molecule has 0 radical (unpaired) electrons. The molecule has 0 saturated heterocycles. The molecule has 5 heteroatoms. The lowest BCUT2D eigenvalue weighted by Gasteiger charge is -2.35. The minimum Gasteiger partial charge on any atom is -0.481 e. The molecule has 0 aromatic rings. The normalized spacial score (nSPS) is 19.7. The smallest absolute Gasteiger partial charge is 0.310 e. The number of nitrogens with zero attached hydrogens (tertiary/aromatic N) is 1. The summed E-state index contributed by atoms with van der Waals surface area (Å²) in [6, 6.07) is 0.150. The summed E-state index contributed by atoms with van der Waals surface area (Å²) in [5.74, 6) is 0.0415. The Morgan fingerprint density at radius 1 is 1.32 bits per heavy atom. The second-order valence-corrected chi connectivity index (χ2v) is 6.54. The first kappa shape index (κ1) is 16.3. The molecular formula is C14H25NO3S. The third-order valence-corrected chi connectivity index (χ3v) is 5.03. The van der Waals surface area contributed by atoms with Crippen LogP contribution in [0.2, 0.25) is 0 Å². The maximum absolute atomic E-state index is 12.3. The molecule has 1 amide bonds. The molecule has 0 bridgehead atoms. The number of hydrogen-bond donors (Lipinski definition) is 1. The van der Waals surface area contributed by atoms with Crippen LogP contribution in [0.1, 0.15) is 45.4 Å². The second kappa shape index (κ2) is 7.17. The zero-order valence-electron chi connectivity index (χ0n) is 12.1. The van der Waals surface area contributed by atoms with Crippen LogP contribution in [0.4, 0.5) is 0 Å². The molecule has 0 aromatic carbocycles. The largest absolute Gasteiger partial charge is 0.481 e. The first-order valence-electron chi connectivity index (χ1n) is 6.91. The molecule has 0 aliphatic heterocycles. The van der Waals surface area contributed by atoms with Crippen molar-refractivity contribution >= 4 is 23.6 Å². The fraction of sp³-hybridized carbons (Fsp3) is 0.857. The molecule has 1 N–H and O–H groups in total. The van der Waals surface area contributed by atoms with Crippen LogP contribution in [0.15, 0.2) is 0 Å². The van der Waals surface area contributed by atoms with E-state index in [4.69, 9.17) is 0 Å². The summed E-state index contributed by atoms with van der Waals surface area (Å²) < 4.78 is 0. The fourth-order valence-corrected chi connectivity index (χ4v) is 3.41. The van der Waals surface area contributed by atoms with Gasteiger partial charge < -0.3 is 10.0 Å². The summed E-state index contributed by atoms with van der Waals surface area (Å²) in [7, 11) is 1.78. The van der Waals surface area contributed by atoms with E-state index in [9.17, 15) is 14.7 Å². The van der Waals surface area contributed by atoms with Gasteiger partial charge in [-0.2, -0.15) is 11.8 Å². The summed E-state index contributed by atoms with van der Waals surface area (Å²) in [5.41, 5.74) is -0.817. The van der Waals surface area contributed by atoms with Crippen molar-refractivity contribution in [2.75, 3.05) is 19.1 Å². The zero-order valence-corrected chi connectivity index (χ0v) is 13.0. The average molecular weight is 287 g/mol. The lowest BCUT2D eigenvalue weighted by molar-refractivity contribution is -0.156. The highest BCUT2D eigenvalue weighted by Gasteiger charge is 2.42. The average Bonchev–Trinajstić information content (AvgIpc) is 2.39. The molecule has 1 fully saturated rings. The Bertz CT molecular complexity index is 327. The van der Waals surface area contributed by atoms with Gasteiger partial charge >= 0.3 is 5.97 Å². The van der Waals surface area contributed by atoms with Crippen LogP contribution < -0.4 is 0 Å². The molecule has 1 saturated carbocycles. The predicted octanol–water partition coefficient (Wildman–Crippen LogP) is 2.62. The van der Waals surface area contributed by atoms with E-state index < -0.39 is 11.4 Å². The molecule has 1 unspecified atom stereocenters. The van der Waals surface area contributed by atoms with Gasteiger partial charge in [-0.1, -0.05) is 19.3 Å². The topological polar surface area (TPSA) is 57.6 Å². The highest BCUT2D eigenvalue weighted by Crippen LogP contribution is 2.40. The Kier molecular flexibility index (Phi) is 6.17. The van der Waals surface area contributed by atoms with Gasteiger partial charge in [0.2, 0.25) is 5.91 Å². The van der Waals surface area contributed by atoms with Gasteiger partial charge in [-0.25, -0.2) is 0 Å². The number of hydrogen-bond acceptors (Lipinski definition) is 3. The van der Waals surface area contributed by atoms with Crippen LogP contribution in [-0.2, 0) is 9.59 Å². The molecular weight excluding hydrogens is 262 g/mol. The first-order chi connectivity index (χ1) is 8.93. The maximum atomic E-state index is 12.3. The molecule has 0 spiro atoms. The Hall–Kier alpha value is -0.710. The first-order valence-corrected chi connectivity index (χ1v) is 8.30. The molecule has 1 atom stereocenters. The number of rotatable bonds is 6. The van der Waals surface area contributed by atoms with Crippen LogP contribution in [0.25, 0.3) is 0 Å². The van der Waals surface area contributed by atoms with E-state index >= 15 is 0 Å². The number of thioether (sulfide) groups is 1. The van der Waals surface area contributed by atoms with Crippen molar-refractivity contribution in [1.82, 2.24) is 4.90 Å². The molecule has 1 rings (SSSR count). The third-order valence-electron chi connectivity index (χ3n) is 4.22. The standard InChI is InChI=1S/C14H25NO3S/c1-11(10-19-3)15(2)12(16)9-14(13(17)18)7-5-4-6-8-14/h11H,4-10H2,1-3H3,(H,17,18). The number of carboxylic acids is 1. The highest BCUT2D eigenvalue weighted by molar-refractivity contribution is 7.98. The van der Waals surface area contributed by atoms with Gasteiger partial charge in [0.05, 0.1) is 5.41 Å². The predicted molar refractivity (Wildman–Crippen MR) is 78.4 cm³/mol. The summed E-state index contributed by atoms with van der Waals surface area (Å²) in [6.45, 7) is 2.00. The van der Waals surface area contributed by atoms with Crippen LogP contribution in [0, 0.1) is 5.41 Å². The van der Waals surface area contributed by atoms with Gasteiger partial charge in [0.15, 0.2) is 0 Å². The molecule has 0 aromatic heterocycles. The number of carbonyl (C=O) groups is 2. The van der Waals surface area contributed by atoms with Crippen molar-refractivity contribution < 1.29 is 14.7 Å². The molecule has 1 aliphatic rings. The number of carbonyl (C=O) groups excluding carboxylic acids is 1. The van der Waals surface area contributed by atoms with Crippen LogP contribution in [0.5, 0.6) is 0 Å². The molecule has 1 aliphatic carbocycles. The van der Waals surface area contributed by atoms with E-state index in [0.717, 1.165) is 25.0 Å². The molecule has 4 nitrogen and oxygen atoms in total. The van der Waals surface area contributed by atoms with Crippen LogP contribution in [-0.4, -0.2) is 47.0 Å². The lowest BCUT2D eigenvalue weighted by atomic mass is 9.71. The van der Waals surface area contributed by atoms with Crippen LogP contribution >= 0.6 is 11.8 Å². The third kappa shape index (κ3) is 4.13. The van der Waals surface area contributed by atoms with E-state index in [-0.39, 0.29) is 18.4 Å². The van der Waals surface area contributed by atoms with Gasteiger partial charge in [-0.3, -0.25) is 9.59 Å². The van der Waals surface area contributed by atoms with Crippen molar-refractivity contribution in [1.29, 1.82) is 0 Å². The Morgan fingerprint density at radius 3 is 2.37 bits per heavy atom. The van der Waals surface area contributed by atoms with E-state index in [2.05, 4.69) is 0 Å². The van der Waals surface area contributed by atoms with E-state index in [1.54, 1.807) is 23.7 Å². The number of aliphatic carboxylic acids is 1. The van der Waals surface area contributed by atoms with Crippen molar-refractivity contribution in [2.24, 2.45) is 5.41 Å². The Morgan fingerprint density at radius 2 is 1.89 bits per heavy atom. The second-order valence-electron chi connectivity index (χ2n) is 5.63. The van der Waals surface area contributed by atoms with Gasteiger partial charge in [-0.05, 0) is 26.0 Å². The summed E-state index contributed by atoms with van der Waals surface area (Å²) >= 11 is 1.70. The number of amides is 1. The Balaban J connectivity index is 2.69. The van der Waals surface area contributed by atoms with Gasteiger partial charge in [0.25, 0.3) is 0 Å². The van der Waals surface area contributed by atoms with Gasteiger partial charge in [0, 0.05) is 25.3 Å². The SMILES string of the molecule is CSCC(C)N(C)C(=O)CC1(C(=O)O)CCCCC1. The van der Waals surface area contributed by atoms with Crippen molar-refractivity contribution in [2.45, 2.75) is 51.5 Å². The summed E-state index contributed by atoms with van der Waals surface area (Å²) in [5, 5.41) is 9.49. The van der Waals surface area contributed by atoms with E-state index in [0.29, 0.717) is 12.8 Å². The molecule has 0 heterocycles. The summed E-state index contributed by atoms with van der Waals surface area (Å²) in [4.78, 5) is 25.5. The van der Waals surface area contributed by atoms with Gasteiger partial charge in [0.1, 0.15) is 0 Å². The monoisotopic (exact) mass is 287 g/mol. The van der Waals surface area contributed by atoms with Gasteiger partial charge in [-0.15, -0.1) is 0 Å². The van der Waals surface area contributed by atoms with Crippen molar-refractivity contribution in [3.63, 3.8) is 0 Å². The van der Waals surface area contributed by atoms with Crippen LogP contribution in [0.3, 0.4) is 0 Å². The highest BCUT2D eigenvalue weighted by atomic mass is 32.2. The lowest BCUT2D eigenvalue weighted by Crippen LogP contribution is -2.43. The fourth-order valence-electron chi connectivity index (χ4n) is 2.71. The van der Waals surface area contributed by atoms with Crippen molar-refractivity contribution in [3.8, 4) is 0 Å². The maximum Gasteiger partial charge on any atom is 0.310 e. The van der Waals surface area contributed by atoms with E-state index in [1.807, 2.05) is 13.2 Å². The molecule has 110 valence electrons. The van der Waals surface area contributed by atoms with E-state index in [1.165, 1.54) is 0 Å². The zero-order chi connectivity index (χ0) is 14.5. The minimum atomic E-state index is -0.817. The number of carboxylic acid groups (broad SMARTS) is 1. The Labute approximate surface area is 119 Å². The van der Waals surface area contributed by atoms with Crippen molar-refractivity contribution in [3.05, 3.63) is 0 Å². The minimum absolute atomic E-state index is 0.0362. The summed E-state index contributed by atoms with van der Waals surface area (Å²) in [6.07, 6.45) is 6.36. The quantitative estimate of drug-likeness (QED) is 0.816.